The maximum atomic E-state index is 13.8. The quantitative estimate of drug-likeness (QED) is 0.696. The molecule has 7 heteroatoms. The van der Waals surface area contributed by atoms with Crippen molar-refractivity contribution < 1.29 is 13.9 Å². The van der Waals surface area contributed by atoms with E-state index in [0.29, 0.717) is 21.4 Å². The van der Waals surface area contributed by atoms with Gasteiger partial charge in [-0.15, -0.1) is 11.3 Å². The lowest BCUT2D eigenvalue weighted by molar-refractivity contribution is -0.115. The molecule has 0 spiro atoms. The molecule has 0 aliphatic rings. The molecule has 2 aromatic carbocycles. The monoisotopic (exact) mass is 376 g/mol. The zero-order valence-corrected chi connectivity index (χ0v) is 14.8. The molecule has 0 aliphatic carbocycles. The Morgan fingerprint density at radius 3 is 2.84 bits per heavy atom. The Hall–Kier alpha value is -2.44. The van der Waals surface area contributed by atoms with Crippen molar-refractivity contribution >= 4 is 34.0 Å². The largest absolute Gasteiger partial charge is 0.494 e. The van der Waals surface area contributed by atoms with Gasteiger partial charge in [-0.3, -0.25) is 4.79 Å². The Balaban J connectivity index is 1.70. The van der Waals surface area contributed by atoms with Gasteiger partial charge in [-0.1, -0.05) is 29.8 Å². The van der Waals surface area contributed by atoms with E-state index in [1.165, 1.54) is 24.5 Å². The molecule has 3 rings (SSSR count). The minimum Gasteiger partial charge on any atom is -0.494 e. The van der Waals surface area contributed by atoms with Crippen LogP contribution in [-0.4, -0.2) is 18.0 Å². The molecule has 25 heavy (non-hydrogen) atoms. The van der Waals surface area contributed by atoms with Crippen LogP contribution in [0.4, 0.5) is 9.52 Å². The second kappa shape index (κ2) is 7.63. The highest BCUT2D eigenvalue weighted by molar-refractivity contribution is 7.14. The summed E-state index contributed by atoms with van der Waals surface area (Å²) in [6.45, 7) is 0. The van der Waals surface area contributed by atoms with Crippen molar-refractivity contribution in [1.29, 1.82) is 0 Å². The number of nitrogens with one attached hydrogen (secondary N) is 1. The number of anilines is 1. The first-order valence-electron chi connectivity index (χ1n) is 7.39. The lowest BCUT2D eigenvalue weighted by Gasteiger charge is -2.04. The molecule has 0 radical (unpaired) electrons. The summed E-state index contributed by atoms with van der Waals surface area (Å²) < 4.78 is 18.7. The van der Waals surface area contributed by atoms with E-state index < -0.39 is 5.82 Å². The standard InChI is InChI=1S/C18H14ClFN2O2S/c1-24-16-7-6-12(8-14(16)20)15-10-25-18(21-15)22-17(23)9-11-4-2-3-5-13(11)19/h2-8,10H,9H2,1H3,(H,21,22,23). The van der Waals surface area contributed by atoms with Crippen LogP contribution in [0.1, 0.15) is 5.56 Å². The highest BCUT2D eigenvalue weighted by Crippen LogP contribution is 2.28. The molecule has 0 saturated carbocycles. The predicted octanol–water partition coefficient (Wildman–Crippen LogP) is 4.79. The summed E-state index contributed by atoms with van der Waals surface area (Å²) in [5, 5.41) is 5.49. The lowest BCUT2D eigenvalue weighted by atomic mass is 10.1. The van der Waals surface area contributed by atoms with Crippen molar-refractivity contribution in [3.8, 4) is 17.0 Å². The molecular weight excluding hydrogens is 363 g/mol. The fourth-order valence-corrected chi connectivity index (χ4v) is 3.21. The Morgan fingerprint density at radius 1 is 1.32 bits per heavy atom. The van der Waals surface area contributed by atoms with Gasteiger partial charge in [0.1, 0.15) is 0 Å². The van der Waals surface area contributed by atoms with E-state index in [2.05, 4.69) is 10.3 Å². The Labute approximate surface area is 153 Å². The minimum absolute atomic E-state index is 0.158. The number of rotatable bonds is 5. The summed E-state index contributed by atoms with van der Waals surface area (Å²) in [5.41, 5.74) is 1.94. The zero-order valence-electron chi connectivity index (χ0n) is 13.3. The zero-order chi connectivity index (χ0) is 17.8. The van der Waals surface area contributed by atoms with E-state index in [1.54, 1.807) is 29.6 Å². The van der Waals surface area contributed by atoms with E-state index >= 15 is 0 Å². The van der Waals surface area contributed by atoms with Crippen LogP contribution in [0.5, 0.6) is 5.75 Å². The van der Waals surface area contributed by atoms with Gasteiger partial charge in [-0.25, -0.2) is 9.37 Å². The fourth-order valence-electron chi connectivity index (χ4n) is 2.27. The molecule has 0 bridgehead atoms. The number of hydrogen-bond acceptors (Lipinski definition) is 4. The second-order valence-corrected chi connectivity index (χ2v) is 6.47. The van der Waals surface area contributed by atoms with Crippen LogP contribution in [0, 0.1) is 5.82 Å². The van der Waals surface area contributed by atoms with Crippen LogP contribution < -0.4 is 10.1 Å². The number of aromatic nitrogens is 1. The maximum absolute atomic E-state index is 13.8. The van der Waals surface area contributed by atoms with Crippen LogP contribution in [0.25, 0.3) is 11.3 Å². The van der Waals surface area contributed by atoms with Gasteiger partial charge in [0.15, 0.2) is 16.7 Å². The van der Waals surface area contributed by atoms with Crippen molar-refractivity contribution in [2.24, 2.45) is 0 Å². The SMILES string of the molecule is COc1ccc(-c2csc(NC(=O)Cc3ccccc3Cl)n2)cc1F. The number of nitrogens with zero attached hydrogens (tertiary/aromatic N) is 1. The van der Waals surface area contributed by atoms with Gasteiger partial charge < -0.3 is 10.1 Å². The van der Waals surface area contributed by atoms with Crippen LogP contribution in [0.15, 0.2) is 47.8 Å². The van der Waals surface area contributed by atoms with Gasteiger partial charge in [0.05, 0.1) is 19.2 Å². The number of hydrogen-bond donors (Lipinski definition) is 1. The summed E-state index contributed by atoms with van der Waals surface area (Å²) in [7, 11) is 1.41. The normalized spacial score (nSPS) is 10.5. The molecule has 0 unspecified atom stereocenters. The van der Waals surface area contributed by atoms with Crippen LogP contribution in [-0.2, 0) is 11.2 Å². The Bertz CT molecular complexity index is 914. The first-order chi connectivity index (χ1) is 12.1. The molecular formula is C18H14ClFN2O2S. The van der Waals surface area contributed by atoms with Gasteiger partial charge >= 0.3 is 0 Å². The number of methoxy groups -OCH3 is 1. The highest BCUT2D eigenvalue weighted by atomic mass is 35.5. The number of thiazole rings is 1. The molecule has 0 fully saturated rings. The molecule has 0 atom stereocenters. The van der Waals surface area contributed by atoms with Gasteiger partial charge in [0.2, 0.25) is 5.91 Å². The summed E-state index contributed by atoms with van der Waals surface area (Å²) in [4.78, 5) is 16.5. The summed E-state index contributed by atoms with van der Waals surface area (Å²) in [6.07, 6.45) is 0.158. The number of carbonyl (C=O) groups is 1. The first kappa shape index (κ1) is 17.4. The number of halogens is 2. The van der Waals surface area contributed by atoms with E-state index in [9.17, 15) is 9.18 Å². The van der Waals surface area contributed by atoms with Crippen LogP contribution >= 0.6 is 22.9 Å². The number of carbonyl (C=O) groups excluding carboxylic acids is 1. The van der Waals surface area contributed by atoms with Crippen molar-refractivity contribution in [1.82, 2.24) is 4.98 Å². The van der Waals surface area contributed by atoms with Gasteiger partial charge in [0, 0.05) is 16.0 Å². The van der Waals surface area contributed by atoms with Crippen LogP contribution in [0.3, 0.4) is 0 Å². The molecule has 0 saturated heterocycles. The molecule has 0 aliphatic heterocycles. The molecule has 1 aromatic heterocycles. The van der Waals surface area contributed by atoms with Crippen LogP contribution in [0.2, 0.25) is 5.02 Å². The van der Waals surface area contributed by atoms with E-state index in [-0.39, 0.29) is 18.1 Å². The van der Waals surface area contributed by atoms with E-state index in [4.69, 9.17) is 16.3 Å². The molecule has 4 nitrogen and oxygen atoms in total. The van der Waals surface area contributed by atoms with Gasteiger partial charge in [-0.2, -0.15) is 0 Å². The third-order valence-electron chi connectivity index (χ3n) is 3.51. The second-order valence-electron chi connectivity index (χ2n) is 5.20. The van der Waals surface area contributed by atoms with Crippen molar-refractivity contribution in [2.75, 3.05) is 12.4 Å². The summed E-state index contributed by atoms with van der Waals surface area (Å²) in [6, 6.07) is 11.8. The van der Waals surface area contributed by atoms with Crippen molar-refractivity contribution in [3.63, 3.8) is 0 Å². The molecule has 128 valence electrons. The minimum atomic E-state index is -0.461. The number of benzene rings is 2. The number of amides is 1. The average molecular weight is 377 g/mol. The summed E-state index contributed by atoms with van der Waals surface area (Å²) in [5.74, 6) is -0.500. The van der Waals surface area contributed by atoms with E-state index in [1.807, 2.05) is 12.1 Å². The highest BCUT2D eigenvalue weighted by Gasteiger charge is 2.12. The summed E-state index contributed by atoms with van der Waals surface area (Å²) >= 11 is 7.33. The predicted molar refractivity (Wildman–Crippen MR) is 97.8 cm³/mol. The Morgan fingerprint density at radius 2 is 2.12 bits per heavy atom. The molecule has 1 heterocycles. The molecule has 1 N–H and O–H groups in total. The third kappa shape index (κ3) is 4.15. The van der Waals surface area contributed by atoms with Gasteiger partial charge in [-0.05, 0) is 29.8 Å². The van der Waals surface area contributed by atoms with Crippen molar-refractivity contribution in [2.45, 2.75) is 6.42 Å². The van der Waals surface area contributed by atoms with Crippen molar-refractivity contribution in [3.05, 3.63) is 64.2 Å². The van der Waals surface area contributed by atoms with Gasteiger partial charge in [0.25, 0.3) is 0 Å². The topological polar surface area (TPSA) is 51.2 Å². The Kier molecular flexibility index (Phi) is 5.31. The first-order valence-corrected chi connectivity index (χ1v) is 8.65. The third-order valence-corrected chi connectivity index (χ3v) is 4.63. The molecule has 3 aromatic rings. The van der Waals surface area contributed by atoms with E-state index in [0.717, 1.165) is 5.56 Å². The number of ether oxygens (including phenoxy) is 1. The molecule has 1 amide bonds. The smallest absolute Gasteiger partial charge is 0.230 e. The maximum Gasteiger partial charge on any atom is 0.230 e. The fraction of sp³-hybridized carbons (Fsp3) is 0.111. The average Bonchev–Trinajstić information content (AvgIpc) is 3.05. The lowest BCUT2D eigenvalue weighted by Crippen LogP contribution is -2.14.